The van der Waals surface area contributed by atoms with Crippen LogP contribution in [0.4, 0.5) is 5.69 Å². The van der Waals surface area contributed by atoms with Gasteiger partial charge in [0.15, 0.2) is 0 Å². The van der Waals surface area contributed by atoms with Gasteiger partial charge in [0.2, 0.25) is 0 Å². The van der Waals surface area contributed by atoms with Gasteiger partial charge in [-0.2, -0.15) is 0 Å². The normalized spacial score (nSPS) is 11.4. The zero-order chi connectivity index (χ0) is 17.7. The van der Waals surface area contributed by atoms with Gasteiger partial charge in [0, 0.05) is 17.7 Å². The third-order valence-electron chi connectivity index (χ3n) is 3.37. The van der Waals surface area contributed by atoms with Gasteiger partial charge < -0.3 is 10.4 Å². The third-order valence-corrected chi connectivity index (χ3v) is 3.37. The summed E-state index contributed by atoms with van der Waals surface area (Å²) < 4.78 is 0. The second-order valence-electron chi connectivity index (χ2n) is 4.93. The molecule has 0 radical (unpaired) electrons. The second kappa shape index (κ2) is 7.19. The Morgan fingerprint density at radius 1 is 1.00 bits per heavy atom. The fraction of sp³-hybridized carbons (Fsp3) is 0.0588. The number of carboxylic acids is 1. The highest BCUT2D eigenvalue weighted by atomic mass is 16.6. The van der Waals surface area contributed by atoms with Crippen LogP contribution in [-0.2, 0) is 4.79 Å². The van der Waals surface area contributed by atoms with Crippen molar-refractivity contribution in [1.29, 1.82) is 0 Å². The molecule has 122 valence electrons. The van der Waals surface area contributed by atoms with Crippen LogP contribution in [-0.4, -0.2) is 21.9 Å². The van der Waals surface area contributed by atoms with Crippen molar-refractivity contribution in [3.05, 3.63) is 81.5 Å². The van der Waals surface area contributed by atoms with Crippen molar-refractivity contribution in [3.8, 4) is 0 Å². The molecular weight excluding hydrogens is 312 g/mol. The molecule has 7 nitrogen and oxygen atoms in total. The van der Waals surface area contributed by atoms with Crippen molar-refractivity contribution in [3.63, 3.8) is 0 Å². The first-order valence-electron chi connectivity index (χ1n) is 6.95. The van der Waals surface area contributed by atoms with E-state index in [1.165, 1.54) is 31.2 Å². The third kappa shape index (κ3) is 3.83. The molecule has 2 rings (SSSR count). The summed E-state index contributed by atoms with van der Waals surface area (Å²) in [6, 6.07) is 13.6. The number of allylic oxidation sites excluding steroid dienone is 1. The monoisotopic (exact) mass is 326 g/mol. The number of nitrogens with zero attached hydrogens (tertiary/aromatic N) is 1. The van der Waals surface area contributed by atoms with Crippen LogP contribution in [0.1, 0.15) is 22.8 Å². The van der Waals surface area contributed by atoms with Crippen LogP contribution in [0.25, 0.3) is 5.57 Å². The predicted octanol–water partition coefficient (Wildman–Crippen LogP) is 2.84. The van der Waals surface area contributed by atoms with Gasteiger partial charge >= 0.3 is 5.97 Å². The van der Waals surface area contributed by atoms with Crippen molar-refractivity contribution in [1.82, 2.24) is 5.32 Å². The van der Waals surface area contributed by atoms with E-state index in [-0.39, 0.29) is 11.4 Å². The SMILES string of the molecule is C/C(=C(\NC(=O)c1ccccc1)C(=O)O)c1ccc([N+](=O)[O-])cc1. The largest absolute Gasteiger partial charge is 0.477 e. The number of carboxylic acid groups (broad SMARTS) is 1. The predicted molar refractivity (Wildman–Crippen MR) is 87.2 cm³/mol. The topological polar surface area (TPSA) is 110 Å². The lowest BCUT2D eigenvalue weighted by molar-refractivity contribution is -0.384. The quantitative estimate of drug-likeness (QED) is 0.499. The smallest absolute Gasteiger partial charge is 0.352 e. The standard InChI is InChI=1S/C17H14N2O5/c1-11(12-7-9-14(10-8-12)19(23)24)15(17(21)22)18-16(20)13-5-3-2-4-6-13/h2-10H,1H3,(H,18,20)(H,21,22)/b15-11+. The number of hydrogen-bond donors (Lipinski definition) is 2. The first kappa shape index (κ1) is 16.9. The summed E-state index contributed by atoms with van der Waals surface area (Å²) in [7, 11) is 0. The Morgan fingerprint density at radius 2 is 1.58 bits per heavy atom. The van der Waals surface area contributed by atoms with E-state index in [2.05, 4.69) is 5.32 Å². The maximum absolute atomic E-state index is 12.1. The number of nitro benzene ring substituents is 1. The van der Waals surface area contributed by atoms with Crippen LogP contribution in [0.15, 0.2) is 60.3 Å². The van der Waals surface area contributed by atoms with E-state index in [1.807, 2.05) is 0 Å². The summed E-state index contributed by atoms with van der Waals surface area (Å²) in [6.07, 6.45) is 0. The van der Waals surface area contributed by atoms with E-state index >= 15 is 0 Å². The molecule has 0 heterocycles. The molecule has 2 N–H and O–H groups in total. The number of aliphatic carboxylic acids is 1. The average molecular weight is 326 g/mol. The van der Waals surface area contributed by atoms with Crippen LogP contribution in [0, 0.1) is 10.1 Å². The zero-order valence-corrected chi connectivity index (χ0v) is 12.7. The Hall–Kier alpha value is -3.48. The number of nitrogens with one attached hydrogen (secondary N) is 1. The Kier molecular flexibility index (Phi) is 5.06. The minimum atomic E-state index is -1.30. The molecule has 0 saturated carbocycles. The average Bonchev–Trinajstić information content (AvgIpc) is 2.59. The second-order valence-corrected chi connectivity index (χ2v) is 4.93. The lowest BCUT2D eigenvalue weighted by Crippen LogP contribution is -2.28. The number of nitro groups is 1. The van der Waals surface area contributed by atoms with E-state index in [4.69, 9.17) is 0 Å². The molecule has 0 bridgehead atoms. The highest BCUT2D eigenvalue weighted by Gasteiger charge is 2.17. The van der Waals surface area contributed by atoms with E-state index in [0.717, 1.165) is 0 Å². The molecule has 0 atom stereocenters. The fourth-order valence-corrected chi connectivity index (χ4v) is 2.06. The van der Waals surface area contributed by atoms with Gasteiger partial charge in [-0.15, -0.1) is 0 Å². The fourth-order valence-electron chi connectivity index (χ4n) is 2.06. The summed E-state index contributed by atoms with van der Waals surface area (Å²) in [4.78, 5) is 33.7. The molecule has 7 heteroatoms. The summed E-state index contributed by atoms with van der Waals surface area (Å²) in [5.74, 6) is -1.84. The van der Waals surface area contributed by atoms with Crippen LogP contribution < -0.4 is 5.32 Å². The Labute approximate surface area is 137 Å². The molecule has 1 amide bonds. The molecule has 0 aliphatic carbocycles. The molecule has 24 heavy (non-hydrogen) atoms. The molecule has 2 aromatic rings. The van der Waals surface area contributed by atoms with Crippen LogP contribution in [0.3, 0.4) is 0 Å². The van der Waals surface area contributed by atoms with E-state index < -0.39 is 16.8 Å². The number of non-ortho nitro benzene ring substituents is 1. The van der Waals surface area contributed by atoms with Gasteiger partial charge in [0.1, 0.15) is 5.70 Å². The maximum Gasteiger partial charge on any atom is 0.352 e. The van der Waals surface area contributed by atoms with Crippen LogP contribution in [0.2, 0.25) is 0 Å². The summed E-state index contributed by atoms with van der Waals surface area (Å²) in [6.45, 7) is 1.52. The zero-order valence-electron chi connectivity index (χ0n) is 12.7. The highest BCUT2D eigenvalue weighted by molar-refractivity contribution is 6.04. The van der Waals surface area contributed by atoms with Gasteiger partial charge in [-0.25, -0.2) is 4.79 Å². The minimum absolute atomic E-state index is 0.100. The van der Waals surface area contributed by atoms with Gasteiger partial charge in [-0.05, 0) is 42.3 Å². The van der Waals surface area contributed by atoms with E-state index in [0.29, 0.717) is 16.7 Å². The van der Waals surface area contributed by atoms with Gasteiger partial charge in [-0.3, -0.25) is 14.9 Å². The lowest BCUT2D eigenvalue weighted by atomic mass is 10.0. The number of carbonyl (C=O) groups is 2. The number of benzene rings is 2. The van der Waals surface area contributed by atoms with Crippen molar-refractivity contribution < 1.29 is 19.6 Å². The number of carbonyl (C=O) groups excluding carboxylic acids is 1. The maximum atomic E-state index is 12.1. The van der Waals surface area contributed by atoms with Crippen LogP contribution in [0.5, 0.6) is 0 Å². The van der Waals surface area contributed by atoms with Crippen molar-refractivity contribution in [2.45, 2.75) is 6.92 Å². The molecule has 0 unspecified atom stereocenters. The van der Waals surface area contributed by atoms with Gasteiger partial charge in [0.25, 0.3) is 11.6 Å². The Balaban J connectivity index is 2.34. The van der Waals surface area contributed by atoms with Crippen LogP contribution >= 0.6 is 0 Å². The molecule has 2 aromatic carbocycles. The number of rotatable bonds is 5. The first-order valence-corrected chi connectivity index (χ1v) is 6.95. The van der Waals surface area contributed by atoms with Gasteiger partial charge in [-0.1, -0.05) is 18.2 Å². The summed E-state index contributed by atoms with van der Waals surface area (Å²) in [5, 5.41) is 22.4. The Morgan fingerprint density at radius 3 is 2.08 bits per heavy atom. The van der Waals surface area contributed by atoms with Crippen molar-refractivity contribution in [2.24, 2.45) is 0 Å². The van der Waals surface area contributed by atoms with Gasteiger partial charge in [0.05, 0.1) is 4.92 Å². The number of hydrogen-bond acceptors (Lipinski definition) is 4. The molecule has 0 saturated heterocycles. The Bertz CT molecular complexity index is 811. The summed E-state index contributed by atoms with van der Waals surface area (Å²) in [5.41, 5.74) is 0.704. The molecule has 0 aliphatic rings. The number of amides is 1. The molecule has 0 spiro atoms. The molecule has 0 aliphatic heterocycles. The molecule has 0 aromatic heterocycles. The van der Waals surface area contributed by atoms with Crippen molar-refractivity contribution >= 4 is 23.1 Å². The highest BCUT2D eigenvalue weighted by Crippen LogP contribution is 2.21. The van der Waals surface area contributed by atoms with E-state index in [1.54, 1.807) is 30.3 Å². The van der Waals surface area contributed by atoms with Crippen molar-refractivity contribution in [2.75, 3.05) is 0 Å². The van der Waals surface area contributed by atoms with E-state index in [9.17, 15) is 24.8 Å². The summed E-state index contributed by atoms with van der Waals surface area (Å²) >= 11 is 0. The first-order chi connectivity index (χ1) is 11.4. The lowest BCUT2D eigenvalue weighted by Gasteiger charge is -2.10. The molecular formula is C17H14N2O5. The molecule has 0 fully saturated rings. The minimum Gasteiger partial charge on any atom is -0.477 e.